The second kappa shape index (κ2) is 7.48. The highest BCUT2D eigenvalue weighted by Crippen LogP contribution is 2.32. The number of nitrogens with two attached hydrogens (primary N) is 1. The number of fused-ring (bicyclic) bond motifs is 1. The molecule has 0 spiro atoms. The van der Waals surface area contributed by atoms with Gasteiger partial charge < -0.3 is 15.7 Å². The molecule has 0 aromatic heterocycles. The lowest BCUT2D eigenvalue weighted by atomic mass is 9.96. The number of carboxylic acids is 1. The molecule has 21 heavy (non-hydrogen) atoms. The van der Waals surface area contributed by atoms with Crippen LogP contribution in [0.4, 0.5) is 0 Å². The average molecular weight is 293 g/mol. The maximum absolute atomic E-state index is 11.6. The van der Waals surface area contributed by atoms with Gasteiger partial charge in [-0.1, -0.05) is 45.4 Å². The Morgan fingerprint density at radius 1 is 1.33 bits per heavy atom. The van der Waals surface area contributed by atoms with Crippen molar-refractivity contribution in [2.45, 2.75) is 70.8 Å². The van der Waals surface area contributed by atoms with Gasteiger partial charge in [0.2, 0.25) is 0 Å². The van der Waals surface area contributed by atoms with E-state index in [9.17, 15) is 9.90 Å². The molecule has 118 valence electrons. The van der Waals surface area contributed by atoms with Crippen LogP contribution in [0, 0.1) is 0 Å². The number of hydrogen-bond acceptors (Lipinski definition) is 4. The number of aliphatic carboxylic acids is 1. The third-order valence-corrected chi connectivity index (χ3v) is 4.39. The van der Waals surface area contributed by atoms with E-state index < -0.39 is 5.97 Å². The number of carboxylic acid groups (broad SMARTS) is 1. The van der Waals surface area contributed by atoms with E-state index in [1.807, 2.05) is 4.90 Å². The number of unbranched alkanes of at least 4 members (excludes halogenated alkanes) is 5. The molecule has 2 heterocycles. The molecule has 1 saturated heterocycles. The van der Waals surface area contributed by atoms with Gasteiger partial charge in [0.1, 0.15) is 0 Å². The van der Waals surface area contributed by atoms with E-state index in [0.717, 1.165) is 44.3 Å². The topological polar surface area (TPSA) is 78.9 Å². The molecule has 0 aromatic rings. The molecule has 1 atom stereocenters. The minimum Gasteiger partial charge on any atom is -0.478 e. The van der Waals surface area contributed by atoms with Crippen LogP contribution in [0.5, 0.6) is 0 Å². The summed E-state index contributed by atoms with van der Waals surface area (Å²) < 4.78 is 0. The van der Waals surface area contributed by atoms with Crippen molar-refractivity contribution in [1.82, 2.24) is 4.90 Å². The fraction of sp³-hybridized carbons (Fsp3) is 0.750. The lowest BCUT2D eigenvalue weighted by molar-refractivity contribution is -0.133. The Hall–Kier alpha value is -1.52. The van der Waals surface area contributed by atoms with Gasteiger partial charge in [-0.15, -0.1) is 0 Å². The van der Waals surface area contributed by atoms with Gasteiger partial charge in [-0.2, -0.15) is 0 Å². The summed E-state index contributed by atoms with van der Waals surface area (Å²) in [6.45, 7) is 3.00. The van der Waals surface area contributed by atoms with Gasteiger partial charge in [0.05, 0.1) is 11.6 Å². The van der Waals surface area contributed by atoms with E-state index in [2.05, 4.69) is 11.9 Å². The zero-order valence-corrected chi connectivity index (χ0v) is 13.0. The predicted octanol–water partition coefficient (Wildman–Crippen LogP) is 2.87. The Morgan fingerprint density at radius 2 is 2.05 bits per heavy atom. The molecule has 0 bridgehead atoms. The Balaban J connectivity index is 1.94. The number of aliphatic imine (C=N–C) groups is 1. The molecular weight excluding hydrogens is 266 g/mol. The highest BCUT2D eigenvalue weighted by atomic mass is 16.4. The first kappa shape index (κ1) is 15.9. The summed E-state index contributed by atoms with van der Waals surface area (Å²) >= 11 is 0. The predicted molar refractivity (Wildman–Crippen MR) is 84.0 cm³/mol. The van der Waals surface area contributed by atoms with Crippen LogP contribution in [-0.2, 0) is 4.79 Å². The fourth-order valence-corrected chi connectivity index (χ4v) is 3.29. The first-order valence-corrected chi connectivity index (χ1v) is 8.22. The minimum absolute atomic E-state index is 0.252. The number of nitrogens with zero attached hydrogens (tertiary/aromatic N) is 2. The number of carbonyl (C=O) groups is 1. The lowest BCUT2D eigenvalue weighted by Gasteiger charge is -2.29. The highest BCUT2D eigenvalue weighted by Gasteiger charge is 2.34. The molecule has 0 aromatic carbocycles. The van der Waals surface area contributed by atoms with Crippen LogP contribution in [0.1, 0.15) is 64.7 Å². The minimum atomic E-state index is -0.830. The van der Waals surface area contributed by atoms with Crippen molar-refractivity contribution >= 4 is 11.9 Å². The van der Waals surface area contributed by atoms with Crippen LogP contribution < -0.4 is 5.73 Å². The fourth-order valence-electron chi connectivity index (χ4n) is 3.29. The molecule has 1 fully saturated rings. The van der Waals surface area contributed by atoms with Crippen molar-refractivity contribution in [2.75, 3.05) is 6.54 Å². The molecule has 0 radical (unpaired) electrons. The van der Waals surface area contributed by atoms with Gasteiger partial charge in [-0.25, -0.2) is 9.79 Å². The zero-order chi connectivity index (χ0) is 15.2. The van der Waals surface area contributed by atoms with E-state index in [4.69, 9.17) is 5.73 Å². The number of rotatable bonds is 8. The SMILES string of the molecule is CCCCCCCC[C@@H]1N=C(N)N2CCCC2=C1C(=O)O. The second-order valence-corrected chi connectivity index (χ2v) is 5.98. The molecule has 0 amide bonds. The van der Waals surface area contributed by atoms with Gasteiger partial charge >= 0.3 is 5.97 Å². The van der Waals surface area contributed by atoms with Crippen molar-refractivity contribution in [1.29, 1.82) is 0 Å². The lowest BCUT2D eigenvalue weighted by Crippen LogP contribution is -2.41. The van der Waals surface area contributed by atoms with Gasteiger partial charge in [0.25, 0.3) is 0 Å². The Labute approximate surface area is 126 Å². The van der Waals surface area contributed by atoms with E-state index in [1.54, 1.807) is 0 Å². The van der Waals surface area contributed by atoms with Crippen LogP contribution in [-0.4, -0.2) is 34.5 Å². The van der Waals surface area contributed by atoms with Crippen molar-refractivity contribution < 1.29 is 9.90 Å². The van der Waals surface area contributed by atoms with Gasteiger partial charge in [0, 0.05) is 12.2 Å². The molecular formula is C16H27N3O2. The molecule has 0 aliphatic carbocycles. The molecule has 2 aliphatic heterocycles. The molecule has 2 aliphatic rings. The number of guanidine groups is 1. The third kappa shape index (κ3) is 3.77. The number of hydrogen-bond donors (Lipinski definition) is 2. The normalized spacial score (nSPS) is 21.5. The van der Waals surface area contributed by atoms with Gasteiger partial charge in [0.15, 0.2) is 5.96 Å². The van der Waals surface area contributed by atoms with E-state index in [-0.39, 0.29) is 6.04 Å². The van der Waals surface area contributed by atoms with Crippen LogP contribution in [0.15, 0.2) is 16.3 Å². The first-order valence-electron chi connectivity index (χ1n) is 8.22. The monoisotopic (exact) mass is 293 g/mol. The maximum atomic E-state index is 11.6. The van der Waals surface area contributed by atoms with Crippen molar-refractivity contribution in [3.63, 3.8) is 0 Å². The average Bonchev–Trinajstić information content (AvgIpc) is 2.92. The Morgan fingerprint density at radius 3 is 2.76 bits per heavy atom. The van der Waals surface area contributed by atoms with Crippen LogP contribution in [0.3, 0.4) is 0 Å². The standard InChI is InChI=1S/C16H27N3O2/c1-2-3-4-5-6-7-9-12-14(15(20)21)13-10-8-11-19(13)16(17)18-12/h12H,2-11H2,1H3,(H2,17,18)(H,20,21)/t12-/m0/s1. The summed E-state index contributed by atoms with van der Waals surface area (Å²) in [5.74, 6) is -0.326. The maximum Gasteiger partial charge on any atom is 0.335 e. The summed E-state index contributed by atoms with van der Waals surface area (Å²) in [4.78, 5) is 17.9. The molecule has 5 heteroatoms. The van der Waals surface area contributed by atoms with Gasteiger partial charge in [-0.3, -0.25) is 0 Å². The molecule has 0 saturated carbocycles. The van der Waals surface area contributed by atoms with Crippen LogP contribution >= 0.6 is 0 Å². The van der Waals surface area contributed by atoms with E-state index >= 15 is 0 Å². The summed E-state index contributed by atoms with van der Waals surface area (Å²) in [6, 6.07) is -0.252. The summed E-state index contributed by atoms with van der Waals surface area (Å²) in [6.07, 6.45) is 9.77. The van der Waals surface area contributed by atoms with E-state index in [0.29, 0.717) is 11.5 Å². The third-order valence-electron chi connectivity index (χ3n) is 4.39. The number of allylic oxidation sites excluding steroid dienone is 1. The van der Waals surface area contributed by atoms with Crippen molar-refractivity contribution in [3.05, 3.63) is 11.3 Å². The first-order chi connectivity index (χ1) is 10.1. The smallest absolute Gasteiger partial charge is 0.335 e. The Kier molecular flexibility index (Phi) is 5.65. The second-order valence-electron chi connectivity index (χ2n) is 5.98. The largest absolute Gasteiger partial charge is 0.478 e. The van der Waals surface area contributed by atoms with E-state index in [1.165, 1.54) is 25.7 Å². The Bertz CT molecular complexity index is 443. The van der Waals surface area contributed by atoms with Crippen LogP contribution in [0.2, 0.25) is 0 Å². The molecule has 5 nitrogen and oxygen atoms in total. The molecule has 3 N–H and O–H groups in total. The highest BCUT2D eigenvalue weighted by molar-refractivity contribution is 5.93. The van der Waals surface area contributed by atoms with Crippen molar-refractivity contribution in [3.8, 4) is 0 Å². The van der Waals surface area contributed by atoms with Gasteiger partial charge in [-0.05, 0) is 19.3 Å². The summed E-state index contributed by atoms with van der Waals surface area (Å²) in [7, 11) is 0. The van der Waals surface area contributed by atoms with Crippen molar-refractivity contribution in [2.24, 2.45) is 10.7 Å². The quantitative estimate of drug-likeness (QED) is 0.674. The zero-order valence-electron chi connectivity index (χ0n) is 13.0. The molecule has 2 rings (SSSR count). The summed E-state index contributed by atoms with van der Waals surface area (Å²) in [5.41, 5.74) is 7.37. The molecule has 0 unspecified atom stereocenters. The van der Waals surface area contributed by atoms with Crippen LogP contribution in [0.25, 0.3) is 0 Å². The summed E-state index contributed by atoms with van der Waals surface area (Å²) in [5, 5.41) is 9.52.